The molecule has 0 spiro atoms. The summed E-state index contributed by atoms with van der Waals surface area (Å²) in [5.41, 5.74) is 0.834. The molecule has 3 aromatic rings. The van der Waals surface area contributed by atoms with E-state index >= 15 is 0 Å². The van der Waals surface area contributed by atoms with Crippen molar-refractivity contribution in [2.45, 2.75) is 6.92 Å². The Kier molecular flexibility index (Phi) is 5.63. The van der Waals surface area contributed by atoms with Gasteiger partial charge in [0.1, 0.15) is 5.82 Å². The second-order valence-electron chi connectivity index (χ2n) is 5.30. The number of anilines is 1. The summed E-state index contributed by atoms with van der Waals surface area (Å²) in [5.74, 6) is -1.73. The fourth-order valence-electron chi connectivity index (χ4n) is 2.33. The van der Waals surface area contributed by atoms with Crippen LogP contribution >= 0.6 is 27.3 Å². The summed E-state index contributed by atoms with van der Waals surface area (Å²) < 4.78 is 19.7. The number of amides is 1. The number of nitrogens with zero attached hydrogens (tertiary/aromatic N) is 2. The van der Waals surface area contributed by atoms with Crippen LogP contribution in [-0.2, 0) is 9.53 Å². The molecule has 2 aromatic carbocycles. The van der Waals surface area contributed by atoms with Crippen LogP contribution in [0.1, 0.15) is 17.3 Å². The summed E-state index contributed by atoms with van der Waals surface area (Å²) in [6.45, 7) is 1.75. The van der Waals surface area contributed by atoms with Crippen molar-refractivity contribution in [3.05, 3.63) is 58.3 Å². The highest BCUT2D eigenvalue weighted by atomic mass is 79.9. The summed E-state index contributed by atoms with van der Waals surface area (Å²) >= 11 is 4.56. The standard InChI is InChI=1S/C18H14BrFN2O3S/c1-2-22(18-21-14-5-3-4-6-15(14)26-18)16(23)10-25-17(24)12-9-11(20)7-8-13(12)19/h3-9H,2,10H2,1H3. The maximum atomic E-state index is 13.3. The van der Waals surface area contributed by atoms with Gasteiger partial charge in [-0.05, 0) is 53.2 Å². The Morgan fingerprint density at radius 3 is 2.77 bits per heavy atom. The zero-order chi connectivity index (χ0) is 18.7. The lowest BCUT2D eigenvalue weighted by atomic mass is 10.2. The number of hydrogen-bond acceptors (Lipinski definition) is 5. The smallest absolute Gasteiger partial charge is 0.339 e. The molecule has 0 radical (unpaired) electrons. The molecule has 0 aliphatic carbocycles. The molecule has 1 heterocycles. The zero-order valence-electron chi connectivity index (χ0n) is 13.7. The van der Waals surface area contributed by atoms with Gasteiger partial charge in [-0.3, -0.25) is 9.69 Å². The molecule has 0 N–H and O–H groups in total. The lowest BCUT2D eigenvalue weighted by Gasteiger charge is -2.17. The van der Waals surface area contributed by atoms with Crippen molar-refractivity contribution in [2.24, 2.45) is 0 Å². The van der Waals surface area contributed by atoms with Crippen molar-refractivity contribution in [3.63, 3.8) is 0 Å². The first-order valence-corrected chi connectivity index (χ1v) is 9.38. The van der Waals surface area contributed by atoms with Crippen LogP contribution in [-0.4, -0.2) is 30.0 Å². The number of hydrogen-bond donors (Lipinski definition) is 0. The maximum Gasteiger partial charge on any atom is 0.339 e. The number of esters is 1. The van der Waals surface area contributed by atoms with Crippen LogP contribution in [0.2, 0.25) is 0 Å². The van der Waals surface area contributed by atoms with Crippen molar-refractivity contribution in [3.8, 4) is 0 Å². The predicted octanol–water partition coefficient (Wildman–Crippen LogP) is 4.41. The number of likely N-dealkylation sites (N-methyl/N-ethyl adjacent to an activating group) is 1. The molecule has 0 bridgehead atoms. The van der Waals surface area contributed by atoms with Crippen LogP contribution in [0.15, 0.2) is 46.9 Å². The molecule has 0 fully saturated rings. The van der Waals surface area contributed by atoms with E-state index in [-0.39, 0.29) is 5.56 Å². The number of para-hydroxylation sites is 1. The summed E-state index contributed by atoms with van der Waals surface area (Å²) in [4.78, 5) is 30.5. The molecule has 0 saturated heterocycles. The molecule has 134 valence electrons. The third-order valence-corrected chi connectivity index (χ3v) is 5.36. The van der Waals surface area contributed by atoms with Crippen molar-refractivity contribution >= 4 is 54.5 Å². The number of ether oxygens (including phenoxy) is 1. The van der Waals surface area contributed by atoms with Crippen LogP contribution in [0.25, 0.3) is 10.2 Å². The van der Waals surface area contributed by atoms with Gasteiger partial charge in [-0.2, -0.15) is 0 Å². The van der Waals surface area contributed by atoms with Gasteiger partial charge in [-0.1, -0.05) is 23.5 Å². The maximum absolute atomic E-state index is 13.3. The number of carbonyl (C=O) groups is 2. The van der Waals surface area contributed by atoms with Gasteiger partial charge in [0.05, 0.1) is 15.8 Å². The Morgan fingerprint density at radius 2 is 2.04 bits per heavy atom. The number of rotatable bonds is 5. The molecule has 26 heavy (non-hydrogen) atoms. The molecule has 0 saturated carbocycles. The summed E-state index contributed by atoms with van der Waals surface area (Å²) in [5, 5.41) is 0.543. The first-order valence-electron chi connectivity index (χ1n) is 7.77. The Labute approximate surface area is 161 Å². The van der Waals surface area contributed by atoms with E-state index in [1.807, 2.05) is 31.2 Å². The van der Waals surface area contributed by atoms with Gasteiger partial charge < -0.3 is 4.74 Å². The van der Waals surface area contributed by atoms with E-state index < -0.39 is 24.3 Å². The highest BCUT2D eigenvalue weighted by molar-refractivity contribution is 9.10. The van der Waals surface area contributed by atoms with Gasteiger partial charge in [-0.15, -0.1) is 0 Å². The fraction of sp³-hybridized carbons (Fsp3) is 0.167. The second kappa shape index (κ2) is 7.92. The number of halogens is 2. The van der Waals surface area contributed by atoms with Gasteiger partial charge in [0, 0.05) is 11.0 Å². The van der Waals surface area contributed by atoms with Gasteiger partial charge >= 0.3 is 5.97 Å². The average molecular weight is 437 g/mol. The van der Waals surface area contributed by atoms with Crippen molar-refractivity contribution in [1.29, 1.82) is 0 Å². The minimum atomic E-state index is -0.773. The SMILES string of the molecule is CCN(C(=O)COC(=O)c1cc(F)ccc1Br)c1nc2ccccc2s1. The van der Waals surface area contributed by atoms with Crippen molar-refractivity contribution in [2.75, 3.05) is 18.1 Å². The van der Waals surface area contributed by atoms with Crippen LogP contribution in [0.5, 0.6) is 0 Å². The highest BCUT2D eigenvalue weighted by Gasteiger charge is 2.21. The molecule has 0 unspecified atom stereocenters. The molecule has 5 nitrogen and oxygen atoms in total. The minimum Gasteiger partial charge on any atom is -0.452 e. The number of thiazole rings is 1. The third kappa shape index (κ3) is 3.91. The fourth-order valence-corrected chi connectivity index (χ4v) is 3.79. The second-order valence-corrected chi connectivity index (χ2v) is 7.17. The van der Waals surface area contributed by atoms with Gasteiger partial charge in [0.25, 0.3) is 5.91 Å². The third-order valence-electron chi connectivity index (χ3n) is 3.61. The van der Waals surface area contributed by atoms with Crippen LogP contribution in [0.4, 0.5) is 9.52 Å². The average Bonchev–Trinajstić information content (AvgIpc) is 3.06. The van der Waals surface area contributed by atoms with Gasteiger partial charge in [-0.25, -0.2) is 14.2 Å². The van der Waals surface area contributed by atoms with Crippen LogP contribution < -0.4 is 4.90 Å². The van der Waals surface area contributed by atoms with Crippen molar-refractivity contribution in [1.82, 2.24) is 4.98 Å². The van der Waals surface area contributed by atoms with E-state index in [0.29, 0.717) is 16.1 Å². The van der Waals surface area contributed by atoms with E-state index in [1.165, 1.54) is 28.4 Å². The molecule has 1 aromatic heterocycles. The van der Waals surface area contributed by atoms with E-state index in [9.17, 15) is 14.0 Å². The Hall–Kier alpha value is -2.32. The lowest BCUT2D eigenvalue weighted by Crippen LogP contribution is -2.34. The van der Waals surface area contributed by atoms with Gasteiger partial charge in [0.2, 0.25) is 0 Å². The molecular weight excluding hydrogens is 423 g/mol. The molecule has 1 amide bonds. The number of aromatic nitrogens is 1. The predicted molar refractivity (Wildman–Crippen MR) is 102 cm³/mol. The molecule has 8 heteroatoms. The first kappa shape index (κ1) is 18.5. The van der Waals surface area contributed by atoms with Crippen molar-refractivity contribution < 1.29 is 18.7 Å². The number of benzene rings is 2. The number of carbonyl (C=O) groups excluding carboxylic acids is 2. The molecular formula is C18H14BrFN2O3S. The van der Waals surface area contributed by atoms with Gasteiger partial charge in [0.15, 0.2) is 11.7 Å². The monoisotopic (exact) mass is 436 g/mol. The summed E-state index contributed by atoms with van der Waals surface area (Å²) in [6.07, 6.45) is 0. The van der Waals surface area contributed by atoms with E-state index in [0.717, 1.165) is 16.3 Å². The molecule has 0 aliphatic heterocycles. The summed E-state index contributed by atoms with van der Waals surface area (Å²) in [6, 6.07) is 11.3. The number of fused-ring (bicyclic) bond motifs is 1. The normalized spacial score (nSPS) is 10.7. The molecule has 0 atom stereocenters. The van der Waals surface area contributed by atoms with E-state index in [4.69, 9.17) is 4.74 Å². The molecule has 3 rings (SSSR count). The summed E-state index contributed by atoms with van der Waals surface area (Å²) in [7, 11) is 0. The van der Waals surface area contributed by atoms with E-state index in [2.05, 4.69) is 20.9 Å². The highest BCUT2D eigenvalue weighted by Crippen LogP contribution is 2.28. The zero-order valence-corrected chi connectivity index (χ0v) is 16.1. The Morgan fingerprint density at radius 1 is 1.27 bits per heavy atom. The lowest BCUT2D eigenvalue weighted by molar-refractivity contribution is -0.121. The minimum absolute atomic E-state index is 0.0286. The topological polar surface area (TPSA) is 59.5 Å². The quantitative estimate of drug-likeness (QED) is 0.555. The van der Waals surface area contributed by atoms with Crippen LogP contribution in [0, 0.1) is 5.82 Å². The Balaban J connectivity index is 1.71. The largest absolute Gasteiger partial charge is 0.452 e. The molecule has 0 aliphatic rings. The van der Waals surface area contributed by atoms with Crippen LogP contribution in [0.3, 0.4) is 0 Å². The first-order chi connectivity index (χ1) is 12.5. The Bertz CT molecular complexity index is 943. The van der Waals surface area contributed by atoms with E-state index in [1.54, 1.807) is 0 Å².